The lowest BCUT2D eigenvalue weighted by molar-refractivity contribution is 0.0763. The average Bonchev–Trinajstić information content (AvgIpc) is 2.72. The highest BCUT2D eigenvalue weighted by atomic mass is 32.2. The van der Waals surface area contributed by atoms with Crippen molar-refractivity contribution in [3.8, 4) is 0 Å². The molecule has 3 rings (SSSR count). The van der Waals surface area contributed by atoms with Gasteiger partial charge in [-0.05, 0) is 37.5 Å². The van der Waals surface area contributed by atoms with Crippen molar-refractivity contribution in [1.29, 1.82) is 0 Å². The first-order chi connectivity index (χ1) is 14.7. The van der Waals surface area contributed by atoms with E-state index in [0.29, 0.717) is 30.2 Å². The molecule has 0 radical (unpaired) electrons. The summed E-state index contributed by atoms with van der Waals surface area (Å²) in [5.41, 5.74) is 6.53. The van der Waals surface area contributed by atoms with Crippen LogP contribution in [0.3, 0.4) is 0 Å². The SMILES string of the molecule is CCc1nc(C(N)=O)c(Nc2cccc(S(C)(=O)=O)c2)nc1NC[C@@H]1CCCC[C@H]1O. The summed E-state index contributed by atoms with van der Waals surface area (Å²) in [6.45, 7) is 2.44. The van der Waals surface area contributed by atoms with Crippen LogP contribution in [-0.2, 0) is 16.3 Å². The van der Waals surface area contributed by atoms with E-state index < -0.39 is 15.7 Å². The fourth-order valence-corrected chi connectivity index (χ4v) is 4.38. The topological polar surface area (TPSA) is 147 Å². The average molecular weight is 448 g/mol. The first-order valence-electron chi connectivity index (χ1n) is 10.4. The Kier molecular flexibility index (Phi) is 7.11. The molecule has 0 aliphatic heterocycles. The van der Waals surface area contributed by atoms with Crippen LogP contribution in [0.1, 0.15) is 48.8 Å². The molecule has 1 fully saturated rings. The van der Waals surface area contributed by atoms with Crippen LogP contribution in [-0.4, -0.2) is 48.3 Å². The van der Waals surface area contributed by atoms with E-state index >= 15 is 0 Å². The van der Waals surface area contributed by atoms with Gasteiger partial charge in [0.2, 0.25) is 0 Å². The predicted octanol–water partition coefficient (Wildman–Crippen LogP) is 2.25. The molecule has 2 aromatic rings. The second kappa shape index (κ2) is 9.61. The van der Waals surface area contributed by atoms with Crippen molar-refractivity contribution in [3.63, 3.8) is 0 Å². The van der Waals surface area contributed by atoms with Crippen LogP contribution < -0.4 is 16.4 Å². The molecule has 1 aromatic heterocycles. The van der Waals surface area contributed by atoms with Crippen molar-refractivity contribution in [2.24, 2.45) is 11.7 Å². The van der Waals surface area contributed by atoms with Crippen LogP contribution in [0.15, 0.2) is 29.2 Å². The largest absolute Gasteiger partial charge is 0.393 e. The second-order valence-electron chi connectivity index (χ2n) is 7.85. The van der Waals surface area contributed by atoms with Crippen LogP contribution in [0.5, 0.6) is 0 Å². The van der Waals surface area contributed by atoms with Crippen molar-refractivity contribution in [1.82, 2.24) is 9.97 Å². The number of carbonyl (C=O) groups excluding carboxylic acids is 1. The molecule has 10 heteroatoms. The third-order valence-electron chi connectivity index (χ3n) is 5.46. The quantitative estimate of drug-likeness (QED) is 0.482. The first-order valence-corrected chi connectivity index (χ1v) is 12.3. The van der Waals surface area contributed by atoms with E-state index in [1.807, 2.05) is 6.92 Å². The van der Waals surface area contributed by atoms with Crippen molar-refractivity contribution >= 4 is 33.1 Å². The molecule has 1 aromatic carbocycles. The zero-order valence-corrected chi connectivity index (χ0v) is 18.6. The maximum Gasteiger partial charge on any atom is 0.271 e. The molecule has 9 nitrogen and oxygen atoms in total. The Morgan fingerprint density at radius 1 is 1.23 bits per heavy atom. The number of benzene rings is 1. The summed E-state index contributed by atoms with van der Waals surface area (Å²) < 4.78 is 23.7. The van der Waals surface area contributed by atoms with Gasteiger partial charge in [-0.25, -0.2) is 18.4 Å². The molecule has 0 bridgehead atoms. The molecule has 0 unspecified atom stereocenters. The number of sulfone groups is 1. The Morgan fingerprint density at radius 3 is 2.61 bits per heavy atom. The number of carbonyl (C=O) groups is 1. The molecule has 1 aliphatic carbocycles. The van der Waals surface area contributed by atoms with E-state index in [4.69, 9.17) is 5.73 Å². The summed E-state index contributed by atoms with van der Waals surface area (Å²) in [6.07, 6.45) is 5.16. The van der Waals surface area contributed by atoms with E-state index in [2.05, 4.69) is 20.6 Å². The lowest BCUT2D eigenvalue weighted by atomic mass is 9.86. The number of primary amides is 1. The molecule has 1 saturated carbocycles. The zero-order chi connectivity index (χ0) is 22.6. The molecule has 1 aliphatic rings. The van der Waals surface area contributed by atoms with Crippen LogP contribution in [0.25, 0.3) is 0 Å². The minimum absolute atomic E-state index is 0.0233. The Morgan fingerprint density at radius 2 is 1.97 bits per heavy atom. The van der Waals surface area contributed by atoms with Crippen molar-refractivity contribution in [2.75, 3.05) is 23.4 Å². The summed E-state index contributed by atoms with van der Waals surface area (Å²) >= 11 is 0. The summed E-state index contributed by atoms with van der Waals surface area (Å²) in [4.78, 5) is 21.1. The van der Waals surface area contributed by atoms with Gasteiger partial charge in [-0.3, -0.25) is 4.79 Å². The molecule has 0 spiro atoms. The number of aliphatic hydroxyl groups excluding tert-OH is 1. The highest BCUT2D eigenvalue weighted by molar-refractivity contribution is 7.90. The fourth-order valence-electron chi connectivity index (χ4n) is 3.71. The lowest BCUT2D eigenvalue weighted by Crippen LogP contribution is -2.31. The Bertz CT molecular complexity index is 1060. The minimum atomic E-state index is -3.39. The molecule has 5 N–H and O–H groups in total. The number of amides is 1. The van der Waals surface area contributed by atoms with Crippen LogP contribution in [0, 0.1) is 5.92 Å². The number of aliphatic hydroxyl groups is 1. The van der Waals surface area contributed by atoms with Gasteiger partial charge >= 0.3 is 0 Å². The smallest absolute Gasteiger partial charge is 0.271 e. The molecule has 0 saturated heterocycles. The van der Waals surface area contributed by atoms with E-state index in [1.54, 1.807) is 12.1 Å². The number of rotatable bonds is 8. The van der Waals surface area contributed by atoms with Crippen molar-refractivity contribution in [3.05, 3.63) is 35.7 Å². The van der Waals surface area contributed by atoms with E-state index in [9.17, 15) is 18.3 Å². The van der Waals surface area contributed by atoms with Gasteiger partial charge in [0.1, 0.15) is 5.82 Å². The number of nitrogens with one attached hydrogen (secondary N) is 2. The number of hydrogen-bond acceptors (Lipinski definition) is 8. The normalized spacial score (nSPS) is 19.1. The Hall–Kier alpha value is -2.72. The van der Waals surface area contributed by atoms with Crippen molar-refractivity contribution in [2.45, 2.75) is 50.0 Å². The molecule has 168 valence electrons. The molecular formula is C21H29N5O4S. The van der Waals surface area contributed by atoms with Gasteiger partial charge in [0.15, 0.2) is 21.3 Å². The first kappa shape index (κ1) is 23.0. The Balaban J connectivity index is 1.91. The third kappa shape index (κ3) is 5.71. The van der Waals surface area contributed by atoms with Crippen LogP contribution in [0.2, 0.25) is 0 Å². The molecular weight excluding hydrogens is 418 g/mol. The maximum absolute atomic E-state index is 12.0. The molecule has 1 amide bonds. The minimum Gasteiger partial charge on any atom is -0.393 e. The van der Waals surface area contributed by atoms with Crippen molar-refractivity contribution < 1.29 is 18.3 Å². The highest BCUT2D eigenvalue weighted by Gasteiger charge is 2.24. The lowest BCUT2D eigenvalue weighted by Gasteiger charge is -2.28. The third-order valence-corrected chi connectivity index (χ3v) is 6.57. The van der Waals surface area contributed by atoms with Gasteiger partial charge in [0, 0.05) is 24.4 Å². The summed E-state index contributed by atoms with van der Waals surface area (Å²) in [7, 11) is -3.39. The van der Waals surface area contributed by atoms with E-state index in [1.165, 1.54) is 12.1 Å². The predicted molar refractivity (Wildman–Crippen MR) is 119 cm³/mol. The standard InChI is InChI=1S/C21H29N5O4S/c1-3-16-20(23-12-13-7-4-5-10-17(13)27)26-21(18(25-16)19(22)28)24-14-8-6-9-15(11-14)31(2,29)30/h6,8-9,11,13,17,27H,3-5,7,10,12H2,1-2H3,(H2,22,28)(H2,23,24,26)/t13-,17+/m0/s1. The monoisotopic (exact) mass is 447 g/mol. The number of aryl methyl sites for hydroxylation is 1. The molecule has 31 heavy (non-hydrogen) atoms. The summed E-state index contributed by atoms with van der Waals surface area (Å²) in [5, 5.41) is 16.5. The second-order valence-corrected chi connectivity index (χ2v) is 9.87. The van der Waals surface area contributed by atoms with Gasteiger partial charge in [0.25, 0.3) is 5.91 Å². The molecule has 1 heterocycles. The van der Waals surface area contributed by atoms with E-state index in [0.717, 1.165) is 31.9 Å². The van der Waals surface area contributed by atoms with E-state index in [-0.39, 0.29) is 28.4 Å². The van der Waals surface area contributed by atoms with Gasteiger partial charge in [-0.15, -0.1) is 0 Å². The number of anilines is 3. The van der Waals surface area contributed by atoms with Gasteiger partial charge in [0.05, 0.1) is 16.7 Å². The van der Waals surface area contributed by atoms with Crippen LogP contribution in [0.4, 0.5) is 17.3 Å². The number of hydrogen-bond donors (Lipinski definition) is 4. The summed E-state index contributed by atoms with van der Waals surface area (Å²) in [6, 6.07) is 6.21. The fraction of sp³-hybridized carbons (Fsp3) is 0.476. The van der Waals surface area contributed by atoms with Gasteiger partial charge in [-0.2, -0.15) is 0 Å². The maximum atomic E-state index is 12.0. The van der Waals surface area contributed by atoms with Gasteiger partial charge < -0.3 is 21.5 Å². The highest BCUT2D eigenvalue weighted by Crippen LogP contribution is 2.27. The number of aromatic nitrogens is 2. The zero-order valence-electron chi connectivity index (χ0n) is 17.8. The Labute approximate surface area is 182 Å². The van der Waals surface area contributed by atoms with Gasteiger partial charge in [-0.1, -0.05) is 25.8 Å². The number of nitrogens with zero attached hydrogens (tertiary/aromatic N) is 2. The number of nitrogens with two attached hydrogens (primary N) is 1. The molecule has 2 atom stereocenters. The van der Waals surface area contributed by atoms with Crippen LogP contribution >= 0.6 is 0 Å². The summed E-state index contributed by atoms with van der Waals surface area (Å²) in [5.74, 6) is 0.0335.